The monoisotopic (exact) mass is 244 g/mol. The smallest absolute Gasteiger partial charge is 0.405 e. The van der Waals surface area contributed by atoms with Gasteiger partial charge in [-0.1, -0.05) is 18.2 Å². The molecule has 0 aliphatic heterocycles. The van der Waals surface area contributed by atoms with Crippen LogP contribution in [0.1, 0.15) is 24.8 Å². The number of carbonyl (C=O) groups is 1. The van der Waals surface area contributed by atoms with Crippen molar-refractivity contribution in [2.75, 3.05) is 0 Å². The Morgan fingerprint density at radius 2 is 2.00 bits per heavy atom. The highest BCUT2D eigenvalue weighted by atomic mass is 19.4. The zero-order chi connectivity index (χ0) is 12.6. The second-order valence-corrected chi connectivity index (χ2v) is 4.14. The summed E-state index contributed by atoms with van der Waals surface area (Å²) < 4.78 is 40.5. The molecule has 0 radical (unpaired) electrons. The van der Waals surface area contributed by atoms with E-state index in [0.717, 1.165) is 0 Å². The van der Waals surface area contributed by atoms with Gasteiger partial charge in [0.1, 0.15) is 11.5 Å². The first-order valence-corrected chi connectivity index (χ1v) is 5.23. The number of halogens is 3. The van der Waals surface area contributed by atoms with Crippen LogP contribution >= 0.6 is 0 Å². The minimum absolute atomic E-state index is 0.0109. The fourth-order valence-electron chi connectivity index (χ4n) is 1.99. The van der Waals surface area contributed by atoms with Crippen LogP contribution in [0.2, 0.25) is 0 Å². The molecule has 0 spiro atoms. The molecule has 5 heteroatoms. The van der Waals surface area contributed by atoms with Gasteiger partial charge in [-0.2, -0.15) is 0 Å². The molecule has 2 nitrogen and oxygen atoms in total. The van der Waals surface area contributed by atoms with Gasteiger partial charge in [0.15, 0.2) is 0 Å². The lowest BCUT2D eigenvalue weighted by Gasteiger charge is -2.12. The minimum atomic E-state index is -4.70. The van der Waals surface area contributed by atoms with Gasteiger partial charge in [0, 0.05) is 5.92 Å². The summed E-state index contributed by atoms with van der Waals surface area (Å²) in [6, 6.07) is 5.98. The molecule has 2 atom stereocenters. The van der Waals surface area contributed by atoms with E-state index in [0.29, 0.717) is 12.0 Å². The summed E-state index contributed by atoms with van der Waals surface area (Å²) in [7, 11) is 0. The number of benzene rings is 1. The van der Waals surface area contributed by atoms with E-state index in [1.54, 1.807) is 12.1 Å². The molecule has 1 aromatic carbocycles. The van der Waals surface area contributed by atoms with Crippen molar-refractivity contribution < 1.29 is 22.7 Å². The predicted octanol–water partition coefficient (Wildman–Crippen LogP) is 3.28. The molecule has 0 amide bonds. The van der Waals surface area contributed by atoms with Crippen molar-refractivity contribution in [3.05, 3.63) is 29.8 Å². The lowest BCUT2D eigenvalue weighted by Crippen LogP contribution is -2.18. The molecule has 2 rings (SSSR count). The van der Waals surface area contributed by atoms with Crippen molar-refractivity contribution in [2.45, 2.75) is 25.6 Å². The minimum Gasteiger partial charge on any atom is -0.405 e. The Morgan fingerprint density at radius 3 is 2.53 bits per heavy atom. The fourth-order valence-corrected chi connectivity index (χ4v) is 1.99. The van der Waals surface area contributed by atoms with Gasteiger partial charge in [-0.15, -0.1) is 13.2 Å². The Hall–Kier alpha value is -1.52. The molecule has 0 aromatic heterocycles. The molecule has 1 saturated carbocycles. The van der Waals surface area contributed by atoms with Crippen LogP contribution in [0.25, 0.3) is 0 Å². The van der Waals surface area contributed by atoms with Gasteiger partial charge in [-0.25, -0.2) is 0 Å². The zero-order valence-electron chi connectivity index (χ0n) is 9.12. The Morgan fingerprint density at radius 1 is 1.35 bits per heavy atom. The number of ketones is 1. The normalized spacial score (nSPS) is 23.3. The van der Waals surface area contributed by atoms with Crippen LogP contribution in [0.3, 0.4) is 0 Å². The number of alkyl halides is 3. The summed E-state index contributed by atoms with van der Waals surface area (Å²) in [5.41, 5.74) is 0.463. The van der Waals surface area contributed by atoms with E-state index in [9.17, 15) is 18.0 Å². The van der Waals surface area contributed by atoms with Crippen LogP contribution in [0.5, 0.6) is 5.75 Å². The van der Waals surface area contributed by atoms with Crippen LogP contribution in [0.4, 0.5) is 13.2 Å². The molecule has 0 bridgehead atoms. The summed E-state index contributed by atoms with van der Waals surface area (Å²) in [6.07, 6.45) is -4.09. The average Bonchev–Trinajstić information content (AvgIpc) is 2.95. The van der Waals surface area contributed by atoms with Gasteiger partial charge in [0.25, 0.3) is 0 Å². The molecule has 92 valence electrons. The second kappa shape index (κ2) is 4.05. The lowest BCUT2D eigenvalue weighted by molar-refractivity contribution is -0.274. The fraction of sp³-hybridized carbons (Fsp3) is 0.417. The molecule has 1 aromatic rings. The van der Waals surface area contributed by atoms with E-state index in [2.05, 4.69) is 4.74 Å². The van der Waals surface area contributed by atoms with Gasteiger partial charge < -0.3 is 4.74 Å². The van der Waals surface area contributed by atoms with E-state index in [1.807, 2.05) is 0 Å². The molecule has 1 aliphatic rings. The molecular formula is C12H11F3O2. The van der Waals surface area contributed by atoms with Crippen molar-refractivity contribution >= 4 is 5.78 Å². The maximum absolute atomic E-state index is 12.2. The standard InChI is InChI=1S/C12H11F3O2/c1-7(16)9-6-10(9)8-4-2-3-5-11(8)17-12(13,14)15/h2-5,9-10H,6H2,1H3/t9-,10+/m0/s1. The molecule has 0 saturated heterocycles. The summed E-state index contributed by atoms with van der Waals surface area (Å²) in [6.45, 7) is 1.46. The van der Waals surface area contributed by atoms with Gasteiger partial charge in [-0.3, -0.25) is 4.79 Å². The number of para-hydroxylation sites is 1. The number of rotatable bonds is 3. The number of Topliss-reactive ketones (excluding diaryl/α,β-unsaturated/α-hetero) is 1. The third-order valence-electron chi connectivity index (χ3n) is 2.86. The van der Waals surface area contributed by atoms with E-state index in [-0.39, 0.29) is 23.4 Å². The Balaban J connectivity index is 2.21. The number of ether oxygens (including phenoxy) is 1. The zero-order valence-corrected chi connectivity index (χ0v) is 9.12. The average molecular weight is 244 g/mol. The first kappa shape index (κ1) is 12.0. The molecule has 1 fully saturated rings. The lowest BCUT2D eigenvalue weighted by atomic mass is 10.1. The number of hydrogen-bond acceptors (Lipinski definition) is 2. The SMILES string of the molecule is CC(=O)[C@@H]1C[C@@H]1c1ccccc1OC(F)(F)F. The van der Waals surface area contributed by atoms with E-state index >= 15 is 0 Å². The van der Waals surface area contributed by atoms with Gasteiger partial charge in [0.2, 0.25) is 0 Å². The van der Waals surface area contributed by atoms with Gasteiger partial charge >= 0.3 is 6.36 Å². The summed E-state index contributed by atoms with van der Waals surface area (Å²) in [5.74, 6) is -0.482. The maximum Gasteiger partial charge on any atom is 0.573 e. The molecule has 17 heavy (non-hydrogen) atoms. The summed E-state index contributed by atoms with van der Waals surface area (Å²) in [5, 5.41) is 0. The largest absolute Gasteiger partial charge is 0.573 e. The van der Waals surface area contributed by atoms with Gasteiger partial charge in [0.05, 0.1) is 0 Å². The quantitative estimate of drug-likeness (QED) is 0.815. The first-order chi connectivity index (χ1) is 7.88. The third kappa shape index (κ3) is 2.78. The Bertz CT molecular complexity index is 440. The van der Waals surface area contributed by atoms with Crippen molar-refractivity contribution in [1.82, 2.24) is 0 Å². The highest BCUT2D eigenvalue weighted by Crippen LogP contribution is 2.51. The highest BCUT2D eigenvalue weighted by Gasteiger charge is 2.44. The topological polar surface area (TPSA) is 26.3 Å². The second-order valence-electron chi connectivity index (χ2n) is 4.14. The third-order valence-corrected chi connectivity index (χ3v) is 2.86. The van der Waals surface area contributed by atoms with Crippen molar-refractivity contribution in [3.8, 4) is 5.75 Å². The molecule has 0 N–H and O–H groups in total. The van der Waals surface area contributed by atoms with E-state index < -0.39 is 6.36 Å². The van der Waals surface area contributed by atoms with Crippen molar-refractivity contribution in [3.63, 3.8) is 0 Å². The molecular weight excluding hydrogens is 233 g/mol. The van der Waals surface area contributed by atoms with Crippen LogP contribution in [0, 0.1) is 5.92 Å². The molecule has 0 unspecified atom stereocenters. The first-order valence-electron chi connectivity index (χ1n) is 5.23. The van der Waals surface area contributed by atoms with Crippen LogP contribution in [0.15, 0.2) is 24.3 Å². The van der Waals surface area contributed by atoms with Crippen molar-refractivity contribution in [1.29, 1.82) is 0 Å². The molecule has 1 aliphatic carbocycles. The van der Waals surface area contributed by atoms with E-state index in [4.69, 9.17) is 0 Å². The van der Waals surface area contributed by atoms with Crippen LogP contribution in [-0.2, 0) is 4.79 Å². The summed E-state index contributed by atoms with van der Waals surface area (Å²) >= 11 is 0. The Kier molecular flexibility index (Phi) is 2.85. The molecule has 0 heterocycles. The van der Waals surface area contributed by atoms with Crippen LogP contribution in [-0.4, -0.2) is 12.1 Å². The van der Waals surface area contributed by atoms with Crippen molar-refractivity contribution in [2.24, 2.45) is 5.92 Å². The highest BCUT2D eigenvalue weighted by molar-refractivity contribution is 5.82. The summed E-state index contributed by atoms with van der Waals surface area (Å²) in [4.78, 5) is 11.1. The van der Waals surface area contributed by atoms with E-state index in [1.165, 1.54) is 19.1 Å². The van der Waals surface area contributed by atoms with Gasteiger partial charge in [-0.05, 0) is 30.9 Å². The Labute approximate surface area is 96.4 Å². The maximum atomic E-state index is 12.2. The number of carbonyl (C=O) groups excluding carboxylic acids is 1. The number of hydrogen-bond donors (Lipinski definition) is 0. The van der Waals surface area contributed by atoms with Crippen LogP contribution < -0.4 is 4.74 Å². The predicted molar refractivity (Wildman–Crippen MR) is 54.7 cm³/mol.